The van der Waals surface area contributed by atoms with Gasteiger partial charge in [-0.3, -0.25) is 0 Å². The monoisotopic (exact) mass is 240 g/mol. The Hall–Kier alpha value is -1.16. The number of halogens is 2. The van der Waals surface area contributed by atoms with Crippen molar-refractivity contribution < 1.29 is 8.78 Å². The lowest BCUT2D eigenvalue weighted by molar-refractivity contribution is 0.364. The SMILES string of the molecule is CC(C)C1CN(c2c(F)cccc2F)CCN1. The molecule has 0 bridgehead atoms. The second kappa shape index (κ2) is 5.00. The Balaban J connectivity index is 2.22. The van der Waals surface area contributed by atoms with Crippen LogP contribution in [0, 0.1) is 17.6 Å². The first-order chi connectivity index (χ1) is 8.09. The van der Waals surface area contributed by atoms with E-state index in [0.29, 0.717) is 19.0 Å². The van der Waals surface area contributed by atoms with Gasteiger partial charge in [0.15, 0.2) is 0 Å². The average molecular weight is 240 g/mol. The largest absolute Gasteiger partial charge is 0.364 e. The van der Waals surface area contributed by atoms with Crippen molar-refractivity contribution >= 4 is 5.69 Å². The van der Waals surface area contributed by atoms with E-state index in [1.54, 1.807) is 4.90 Å². The van der Waals surface area contributed by atoms with Crippen molar-refractivity contribution in [2.24, 2.45) is 5.92 Å². The third kappa shape index (κ3) is 2.57. The van der Waals surface area contributed by atoms with E-state index in [9.17, 15) is 8.78 Å². The van der Waals surface area contributed by atoms with Crippen LogP contribution in [0.1, 0.15) is 13.8 Å². The van der Waals surface area contributed by atoms with E-state index in [1.807, 2.05) is 0 Å². The number of hydrogen-bond donors (Lipinski definition) is 1. The molecule has 4 heteroatoms. The topological polar surface area (TPSA) is 15.3 Å². The zero-order valence-electron chi connectivity index (χ0n) is 10.2. The van der Waals surface area contributed by atoms with Gasteiger partial charge in [-0.05, 0) is 18.1 Å². The minimum atomic E-state index is -0.477. The standard InChI is InChI=1S/C13H18F2N2/c1-9(2)12-8-17(7-6-16-12)13-10(14)4-3-5-11(13)15/h3-5,9,12,16H,6-8H2,1-2H3. The lowest BCUT2D eigenvalue weighted by Gasteiger charge is -2.37. The van der Waals surface area contributed by atoms with Gasteiger partial charge in [0.2, 0.25) is 0 Å². The second-order valence-electron chi connectivity index (χ2n) is 4.82. The zero-order chi connectivity index (χ0) is 12.4. The van der Waals surface area contributed by atoms with Gasteiger partial charge in [0.25, 0.3) is 0 Å². The first-order valence-corrected chi connectivity index (χ1v) is 6.02. The van der Waals surface area contributed by atoms with Crippen LogP contribution in [-0.4, -0.2) is 25.7 Å². The molecule has 1 heterocycles. The van der Waals surface area contributed by atoms with E-state index in [1.165, 1.54) is 18.2 Å². The Labute approximate surface area is 101 Å². The molecule has 0 radical (unpaired) electrons. The summed E-state index contributed by atoms with van der Waals surface area (Å²) in [6, 6.07) is 4.30. The molecule has 1 aromatic carbocycles. The Bertz CT molecular complexity index is 373. The Morgan fingerprint density at radius 3 is 2.53 bits per heavy atom. The van der Waals surface area contributed by atoms with Crippen LogP contribution in [0.15, 0.2) is 18.2 Å². The fraction of sp³-hybridized carbons (Fsp3) is 0.538. The molecule has 1 aliphatic heterocycles. The molecule has 1 saturated heterocycles. The van der Waals surface area contributed by atoms with Crippen LogP contribution in [0.4, 0.5) is 14.5 Å². The molecule has 0 aromatic heterocycles. The third-order valence-electron chi connectivity index (χ3n) is 3.26. The van der Waals surface area contributed by atoms with Crippen molar-refractivity contribution in [1.29, 1.82) is 0 Å². The van der Waals surface area contributed by atoms with Crippen molar-refractivity contribution in [1.82, 2.24) is 5.32 Å². The number of nitrogens with one attached hydrogen (secondary N) is 1. The third-order valence-corrected chi connectivity index (χ3v) is 3.26. The predicted molar refractivity (Wildman–Crippen MR) is 65.2 cm³/mol. The van der Waals surface area contributed by atoms with Crippen molar-refractivity contribution in [3.63, 3.8) is 0 Å². The summed E-state index contributed by atoms with van der Waals surface area (Å²) in [4.78, 5) is 1.80. The van der Waals surface area contributed by atoms with Gasteiger partial charge in [-0.2, -0.15) is 0 Å². The van der Waals surface area contributed by atoms with Crippen LogP contribution in [0.5, 0.6) is 0 Å². The van der Waals surface area contributed by atoms with Crippen molar-refractivity contribution in [3.05, 3.63) is 29.8 Å². The highest BCUT2D eigenvalue weighted by atomic mass is 19.1. The summed E-state index contributed by atoms with van der Waals surface area (Å²) in [7, 11) is 0. The summed E-state index contributed by atoms with van der Waals surface area (Å²) in [5.74, 6) is -0.503. The minimum absolute atomic E-state index is 0.111. The quantitative estimate of drug-likeness (QED) is 0.854. The first kappa shape index (κ1) is 12.3. The van der Waals surface area contributed by atoms with Gasteiger partial charge in [-0.15, -0.1) is 0 Å². The van der Waals surface area contributed by atoms with Crippen LogP contribution in [0.25, 0.3) is 0 Å². The molecule has 0 saturated carbocycles. The van der Waals surface area contributed by atoms with Crippen LogP contribution in [0.2, 0.25) is 0 Å². The molecule has 0 amide bonds. The maximum atomic E-state index is 13.7. The summed E-state index contributed by atoms with van der Waals surface area (Å²) in [6.07, 6.45) is 0. The molecule has 1 aromatic rings. The molecule has 1 aliphatic rings. The highest BCUT2D eigenvalue weighted by molar-refractivity contribution is 5.49. The van der Waals surface area contributed by atoms with Gasteiger partial charge in [0, 0.05) is 25.7 Å². The van der Waals surface area contributed by atoms with E-state index in [4.69, 9.17) is 0 Å². The first-order valence-electron chi connectivity index (χ1n) is 6.02. The number of piperazine rings is 1. The average Bonchev–Trinajstić information content (AvgIpc) is 2.29. The molecular formula is C13H18F2N2. The van der Waals surface area contributed by atoms with Crippen LogP contribution in [0.3, 0.4) is 0 Å². The van der Waals surface area contributed by atoms with E-state index in [0.717, 1.165) is 6.54 Å². The van der Waals surface area contributed by atoms with Crippen LogP contribution in [-0.2, 0) is 0 Å². The molecule has 1 unspecified atom stereocenters. The second-order valence-corrected chi connectivity index (χ2v) is 4.82. The minimum Gasteiger partial charge on any atom is -0.364 e. The van der Waals surface area contributed by atoms with Crippen LogP contribution >= 0.6 is 0 Å². The number of hydrogen-bond acceptors (Lipinski definition) is 2. The highest BCUT2D eigenvalue weighted by Gasteiger charge is 2.25. The lowest BCUT2D eigenvalue weighted by atomic mass is 10.0. The van der Waals surface area contributed by atoms with Gasteiger partial charge < -0.3 is 10.2 Å². The Morgan fingerprint density at radius 1 is 1.29 bits per heavy atom. The molecule has 2 rings (SSSR count). The number of nitrogens with zero attached hydrogens (tertiary/aromatic N) is 1. The fourth-order valence-corrected chi connectivity index (χ4v) is 2.22. The summed E-state index contributed by atoms with van der Waals surface area (Å²) >= 11 is 0. The molecule has 2 nitrogen and oxygen atoms in total. The number of rotatable bonds is 2. The van der Waals surface area contributed by atoms with Gasteiger partial charge in [-0.1, -0.05) is 19.9 Å². The zero-order valence-corrected chi connectivity index (χ0v) is 10.2. The van der Waals surface area contributed by atoms with E-state index in [2.05, 4.69) is 19.2 Å². The molecule has 94 valence electrons. The number of para-hydroxylation sites is 1. The number of benzene rings is 1. The molecule has 0 spiro atoms. The lowest BCUT2D eigenvalue weighted by Crippen LogP contribution is -2.53. The molecule has 17 heavy (non-hydrogen) atoms. The summed E-state index contributed by atoms with van der Waals surface area (Å²) in [6.45, 7) is 6.27. The van der Waals surface area contributed by atoms with Gasteiger partial charge >= 0.3 is 0 Å². The Morgan fingerprint density at radius 2 is 1.94 bits per heavy atom. The highest BCUT2D eigenvalue weighted by Crippen LogP contribution is 2.25. The Kier molecular flexibility index (Phi) is 3.62. The van der Waals surface area contributed by atoms with Gasteiger partial charge in [-0.25, -0.2) is 8.78 Å². The van der Waals surface area contributed by atoms with Gasteiger partial charge in [0.1, 0.15) is 17.3 Å². The molecular weight excluding hydrogens is 222 g/mol. The van der Waals surface area contributed by atoms with Gasteiger partial charge in [0.05, 0.1) is 0 Å². The van der Waals surface area contributed by atoms with Crippen molar-refractivity contribution in [3.8, 4) is 0 Å². The maximum absolute atomic E-state index is 13.7. The fourth-order valence-electron chi connectivity index (χ4n) is 2.22. The van der Waals surface area contributed by atoms with Crippen molar-refractivity contribution in [2.45, 2.75) is 19.9 Å². The molecule has 1 fully saturated rings. The number of anilines is 1. The predicted octanol–water partition coefficient (Wildman–Crippen LogP) is 2.40. The summed E-state index contributed by atoms with van der Waals surface area (Å²) in [5.41, 5.74) is 0.111. The molecule has 1 N–H and O–H groups in total. The molecule has 1 atom stereocenters. The van der Waals surface area contributed by atoms with E-state index < -0.39 is 11.6 Å². The van der Waals surface area contributed by atoms with Crippen molar-refractivity contribution in [2.75, 3.05) is 24.5 Å². The normalized spacial score (nSPS) is 21.0. The van der Waals surface area contributed by atoms with Crippen LogP contribution < -0.4 is 10.2 Å². The molecule has 0 aliphatic carbocycles. The smallest absolute Gasteiger partial charge is 0.149 e. The van der Waals surface area contributed by atoms with E-state index in [-0.39, 0.29) is 11.7 Å². The summed E-state index contributed by atoms with van der Waals surface area (Å²) < 4.78 is 27.3. The van der Waals surface area contributed by atoms with E-state index >= 15 is 0 Å². The summed E-state index contributed by atoms with van der Waals surface area (Å²) in [5, 5.41) is 3.37. The maximum Gasteiger partial charge on any atom is 0.149 e.